The lowest BCUT2D eigenvalue weighted by Crippen LogP contribution is -2.25. The van der Waals surface area contributed by atoms with E-state index in [0.717, 1.165) is 0 Å². The monoisotopic (exact) mass is 301 g/mol. The summed E-state index contributed by atoms with van der Waals surface area (Å²) in [7, 11) is 0. The van der Waals surface area contributed by atoms with Crippen LogP contribution in [0.1, 0.15) is 25.7 Å². The van der Waals surface area contributed by atoms with Gasteiger partial charge in [0.25, 0.3) is 0 Å². The highest BCUT2D eigenvalue weighted by Gasteiger charge is 2.43. The molecule has 1 amide bonds. The lowest BCUT2D eigenvalue weighted by molar-refractivity contribution is -0.286. The first-order chi connectivity index (χ1) is 9.85. The number of halogens is 2. The molecule has 2 rings (SSSR count). The van der Waals surface area contributed by atoms with Crippen LogP contribution in [-0.4, -0.2) is 23.3 Å². The highest BCUT2D eigenvalue weighted by atomic mass is 19.3. The number of carbonyl (C=O) groups excluding carboxylic acids is 1. The maximum Gasteiger partial charge on any atom is 0.586 e. The zero-order chi connectivity index (χ0) is 15.5. The lowest BCUT2D eigenvalue weighted by atomic mass is 10.2. The molecule has 0 bridgehead atoms. The second-order valence-electron chi connectivity index (χ2n) is 4.48. The minimum atomic E-state index is -3.69. The van der Waals surface area contributed by atoms with Gasteiger partial charge < -0.3 is 19.9 Å². The van der Waals surface area contributed by atoms with Crippen molar-refractivity contribution in [2.24, 2.45) is 0 Å². The van der Waals surface area contributed by atoms with Gasteiger partial charge in [0.1, 0.15) is 0 Å². The van der Waals surface area contributed by atoms with Crippen molar-refractivity contribution in [3.8, 4) is 11.5 Å². The summed E-state index contributed by atoms with van der Waals surface area (Å²) in [6.07, 6.45) is -2.71. The first kappa shape index (κ1) is 15.0. The third-order valence-electron chi connectivity index (χ3n) is 2.73. The topological polar surface area (TPSA) is 84.9 Å². The van der Waals surface area contributed by atoms with Crippen LogP contribution in [-0.2, 0) is 9.59 Å². The van der Waals surface area contributed by atoms with E-state index < -0.39 is 12.3 Å². The molecule has 1 aliphatic rings. The van der Waals surface area contributed by atoms with E-state index in [0.29, 0.717) is 18.5 Å². The van der Waals surface area contributed by atoms with Crippen LogP contribution < -0.4 is 14.8 Å². The predicted molar refractivity (Wildman–Crippen MR) is 67.4 cm³/mol. The molecule has 0 aromatic heterocycles. The summed E-state index contributed by atoms with van der Waals surface area (Å²) >= 11 is 0. The smallest absolute Gasteiger partial charge is 0.481 e. The van der Waals surface area contributed by atoms with Gasteiger partial charge in [-0.3, -0.25) is 9.59 Å². The zero-order valence-corrected chi connectivity index (χ0v) is 10.9. The van der Waals surface area contributed by atoms with Gasteiger partial charge in [-0.2, -0.15) is 0 Å². The average molecular weight is 301 g/mol. The molecule has 1 heterocycles. The first-order valence-electron chi connectivity index (χ1n) is 6.27. The Balaban J connectivity index is 1.84. The van der Waals surface area contributed by atoms with Crippen LogP contribution >= 0.6 is 0 Å². The number of alkyl halides is 2. The van der Waals surface area contributed by atoms with E-state index >= 15 is 0 Å². The van der Waals surface area contributed by atoms with Crippen LogP contribution in [0.15, 0.2) is 18.2 Å². The number of carboxylic acids is 1. The fraction of sp³-hybridized carbons (Fsp3) is 0.385. The number of benzene rings is 1. The Labute approximate surface area is 118 Å². The van der Waals surface area contributed by atoms with Gasteiger partial charge in [-0.1, -0.05) is 0 Å². The molecule has 0 radical (unpaired) electrons. The lowest BCUT2D eigenvalue weighted by Gasteiger charge is -2.05. The molecule has 1 aliphatic heterocycles. The third-order valence-corrected chi connectivity index (χ3v) is 2.73. The van der Waals surface area contributed by atoms with Crippen molar-refractivity contribution in [3.63, 3.8) is 0 Å². The molecule has 1 aromatic rings. The van der Waals surface area contributed by atoms with Crippen molar-refractivity contribution in [3.05, 3.63) is 18.2 Å². The zero-order valence-electron chi connectivity index (χ0n) is 10.9. The van der Waals surface area contributed by atoms with Crippen LogP contribution in [0, 0.1) is 0 Å². The average Bonchev–Trinajstić information content (AvgIpc) is 2.67. The Hall–Kier alpha value is -2.38. The number of hydrogen-bond donors (Lipinski definition) is 2. The summed E-state index contributed by atoms with van der Waals surface area (Å²) in [6, 6.07) is 3.93. The number of carbonyl (C=O) groups is 2. The standard InChI is InChI=1S/C13H13F2NO5/c14-13(15)20-9-6-5-8(7-10(9)21-13)16-11(17)3-1-2-4-12(18)19/h5-7H,1-4H2,(H,16,17)(H,18,19). The van der Waals surface area contributed by atoms with E-state index in [1.807, 2.05) is 0 Å². The molecular formula is C13H13F2NO5. The minimum absolute atomic E-state index is 0.00634. The van der Waals surface area contributed by atoms with E-state index in [-0.39, 0.29) is 30.2 Å². The second-order valence-corrected chi connectivity index (χ2v) is 4.48. The van der Waals surface area contributed by atoms with Gasteiger partial charge in [-0.15, -0.1) is 8.78 Å². The van der Waals surface area contributed by atoms with Gasteiger partial charge in [-0.05, 0) is 25.0 Å². The van der Waals surface area contributed by atoms with Gasteiger partial charge in [0, 0.05) is 24.6 Å². The first-order valence-corrected chi connectivity index (χ1v) is 6.27. The number of fused-ring (bicyclic) bond motifs is 1. The van der Waals surface area contributed by atoms with E-state index in [4.69, 9.17) is 5.11 Å². The van der Waals surface area contributed by atoms with Crippen molar-refractivity contribution in [1.29, 1.82) is 0 Å². The number of aliphatic carboxylic acids is 1. The van der Waals surface area contributed by atoms with Crippen molar-refractivity contribution < 1.29 is 33.0 Å². The number of ether oxygens (including phenoxy) is 2. The van der Waals surface area contributed by atoms with Gasteiger partial charge in [-0.25, -0.2) is 0 Å². The molecule has 114 valence electrons. The van der Waals surface area contributed by atoms with E-state index in [2.05, 4.69) is 14.8 Å². The Morgan fingerprint density at radius 2 is 1.81 bits per heavy atom. The number of amides is 1. The molecule has 0 atom stereocenters. The molecule has 0 unspecified atom stereocenters. The molecule has 0 aliphatic carbocycles. The number of unbranched alkanes of at least 4 members (excludes halogenated alkanes) is 1. The molecule has 1 aromatic carbocycles. The van der Waals surface area contributed by atoms with Crippen molar-refractivity contribution in [2.75, 3.05) is 5.32 Å². The van der Waals surface area contributed by atoms with E-state index in [1.54, 1.807) is 0 Å². The van der Waals surface area contributed by atoms with Gasteiger partial charge >= 0.3 is 12.3 Å². The fourth-order valence-corrected chi connectivity index (χ4v) is 1.81. The summed E-state index contributed by atoms with van der Waals surface area (Å²) in [5.41, 5.74) is 0.304. The van der Waals surface area contributed by atoms with Crippen LogP contribution in [0.3, 0.4) is 0 Å². The van der Waals surface area contributed by atoms with Crippen molar-refractivity contribution in [1.82, 2.24) is 0 Å². The number of hydrogen-bond acceptors (Lipinski definition) is 4. The molecule has 8 heteroatoms. The van der Waals surface area contributed by atoms with Crippen LogP contribution in [0.4, 0.5) is 14.5 Å². The molecule has 0 fully saturated rings. The number of carboxylic acid groups (broad SMARTS) is 1. The molecular weight excluding hydrogens is 288 g/mol. The van der Waals surface area contributed by atoms with Gasteiger partial charge in [0.2, 0.25) is 5.91 Å². The summed E-state index contributed by atoms with van der Waals surface area (Å²) < 4.78 is 34.1. The Morgan fingerprint density at radius 3 is 2.52 bits per heavy atom. The molecule has 6 nitrogen and oxygen atoms in total. The number of rotatable bonds is 6. The van der Waals surface area contributed by atoms with Gasteiger partial charge in [0.05, 0.1) is 0 Å². The van der Waals surface area contributed by atoms with Crippen LogP contribution in [0.2, 0.25) is 0 Å². The molecule has 21 heavy (non-hydrogen) atoms. The quantitative estimate of drug-likeness (QED) is 0.789. The largest absolute Gasteiger partial charge is 0.586 e. The van der Waals surface area contributed by atoms with Crippen molar-refractivity contribution in [2.45, 2.75) is 32.0 Å². The van der Waals surface area contributed by atoms with E-state index in [9.17, 15) is 18.4 Å². The summed E-state index contributed by atoms with van der Waals surface area (Å²) in [6.45, 7) is 0. The highest BCUT2D eigenvalue weighted by Crippen LogP contribution is 2.42. The number of nitrogens with one attached hydrogen (secondary N) is 1. The number of anilines is 1. The molecule has 0 saturated carbocycles. The Bertz CT molecular complexity index is 561. The molecule has 0 spiro atoms. The summed E-state index contributed by atoms with van der Waals surface area (Å²) in [5, 5.41) is 11.0. The molecule has 0 saturated heterocycles. The Kier molecular flexibility index (Phi) is 4.25. The van der Waals surface area contributed by atoms with Gasteiger partial charge in [0.15, 0.2) is 11.5 Å². The second kappa shape index (κ2) is 5.94. The summed E-state index contributed by atoms with van der Waals surface area (Å²) in [5.74, 6) is -1.48. The fourth-order valence-electron chi connectivity index (χ4n) is 1.81. The normalized spacial score (nSPS) is 14.8. The minimum Gasteiger partial charge on any atom is -0.481 e. The van der Waals surface area contributed by atoms with Crippen molar-refractivity contribution >= 4 is 17.6 Å². The molecule has 2 N–H and O–H groups in total. The van der Waals surface area contributed by atoms with E-state index in [1.165, 1.54) is 18.2 Å². The maximum absolute atomic E-state index is 12.8. The highest BCUT2D eigenvalue weighted by molar-refractivity contribution is 5.91. The Morgan fingerprint density at radius 1 is 1.14 bits per heavy atom. The predicted octanol–water partition coefficient (Wildman–Crippen LogP) is 2.59. The van der Waals surface area contributed by atoms with Crippen LogP contribution in [0.25, 0.3) is 0 Å². The maximum atomic E-state index is 12.8. The van der Waals surface area contributed by atoms with Crippen LogP contribution in [0.5, 0.6) is 11.5 Å². The summed E-state index contributed by atoms with van der Waals surface area (Å²) in [4.78, 5) is 21.9. The SMILES string of the molecule is O=C(O)CCCCC(=O)Nc1ccc2c(c1)OC(F)(F)O2. The third kappa shape index (κ3) is 4.30.